The smallest absolute Gasteiger partial charge is 0.291 e. The summed E-state index contributed by atoms with van der Waals surface area (Å²) >= 11 is 0. The second kappa shape index (κ2) is 7.19. The van der Waals surface area contributed by atoms with E-state index in [4.69, 9.17) is 0 Å². The molecule has 0 saturated heterocycles. The summed E-state index contributed by atoms with van der Waals surface area (Å²) in [4.78, 5) is 32.1. The zero-order chi connectivity index (χ0) is 18.8. The van der Waals surface area contributed by atoms with Gasteiger partial charge in [-0.25, -0.2) is 9.79 Å². The van der Waals surface area contributed by atoms with Crippen LogP contribution in [-0.4, -0.2) is 25.0 Å². The average molecular weight is 363 g/mol. The van der Waals surface area contributed by atoms with Crippen molar-refractivity contribution < 1.29 is 0 Å². The van der Waals surface area contributed by atoms with Crippen LogP contribution in [0.2, 0.25) is 0 Å². The van der Waals surface area contributed by atoms with E-state index >= 15 is 0 Å². The Labute approximate surface area is 156 Å². The van der Waals surface area contributed by atoms with Crippen molar-refractivity contribution in [2.75, 3.05) is 0 Å². The van der Waals surface area contributed by atoms with E-state index in [1.54, 1.807) is 6.20 Å². The summed E-state index contributed by atoms with van der Waals surface area (Å²) in [5, 5.41) is 4.40. The van der Waals surface area contributed by atoms with E-state index in [0.717, 1.165) is 29.7 Å². The zero-order valence-corrected chi connectivity index (χ0v) is 15.2. The van der Waals surface area contributed by atoms with Crippen molar-refractivity contribution in [3.8, 4) is 0 Å². The maximum atomic E-state index is 12.7. The molecule has 0 bridgehead atoms. The van der Waals surface area contributed by atoms with Crippen molar-refractivity contribution in [1.82, 2.24) is 19.3 Å². The number of nitrogens with one attached hydrogen (secondary N) is 1. The molecule has 1 aliphatic heterocycles. The molecule has 4 rings (SSSR count). The third-order valence-electron chi connectivity index (χ3n) is 4.74. The predicted molar refractivity (Wildman–Crippen MR) is 104 cm³/mol. The molecule has 0 fully saturated rings. The fourth-order valence-electron chi connectivity index (χ4n) is 3.25. The van der Waals surface area contributed by atoms with Gasteiger partial charge in [0, 0.05) is 24.7 Å². The van der Waals surface area contributed by atoms with Gasteiger partial charge in [0.15, 0.2) is 0 Å². The number of aromatic nitrogens is 4. The maximum Gasteiger partial charge on any atom is 0.329 e. The summed E-state index contributed by atoms with van der Waals surface area (Å²) in [6.07, 6.45) is 5.80. The average Bonchev–Trinajstić information content (AvgIpc) is 3.29. The Balaban J connectivity index is 1.58. The van der Waals surface area contributed by atoms with E-state index in [2.05, 4.69) is 15.1 Å². The summed E-state index contributed by atoms with van der Waals surface area (Å²) in [5.74, 6) is 0.378. The van der Waals surface area contributed by atoms with E-state index in [-0.39, 0.29) is 5.56 Å². The fraction of sp³-hybridized carbons (Fsp3) is 0.300. The van der Waals surface area contributed by atoms with Crippen molar-refractivity contribution in [3.05, 3.63) is 80.3 Å². The Morgan fingerprint density at radius 3 is 2.78 bits per heavy atom. The number of H-pyrrole nitrogens is 1. The second-order valence-corrected chi connectivity index (χ2v) is 6.72. The molecule has 1 aromatic carbocycles. The molecule has 7 heteroatoms. The summed E-state index contributed by atoms with van der Waals surface area (Å²) in [5.41, 5.74) is 2.70. The van der Waals surface area contributed by atoms with Crippen LogP contribution in [0.15, 0.2) is 57.3 Å². The molecular weight excluding hydrogens is 342 g/mol. The number of rotatable bonds is 6. The lowest BCUT2D eigenvalue weighted by atomic mass is 10.1. The van der Waals surface area contributed by atoms with Crippen LogP contribution >= 0.6 is 0 Å². The molecule has 2 aromatic heterocycles. The lowest BCUT2D eigenvalue weighted by Crippen LogP contribution is -2.36. The van der Waals surface area contributed by atoms with Gasteiger partial charge < -0.3 is 0 Å². The molecule has 0 amide bonds. The number of unbranched alkanes of at least 4 members (excludes halogenated alkanes) is 1. The minimum Gasteiger partial charge on any atom is -0.291 e. The summed E-state index contributed by atoms with van der Waals surface area (Å²) in [6, 6.07) is 10.1. The van der Waals surface area contributed by atoms with E-state index in [1.165, 1.54) is 4.57 Å². The van der Waals surface area contributed by atoms with Crippen LogP contribution in [-0.2, 0) is 19.5 Å². The molecule has 0 unspecified atom stereocenters. The molecule has 0 atom stereocenters. The van der Waals surface area contributed by atoms with Crippen molar-refractivity contribution in [2.45, 2.75) is 39.3 Å². The van der Waals surface area contributed by atoms with Gasteiger partial charge in [-0.2, -0.15) is 5.10 Å². The highest BCUT2D eigenvalue weighted by Crippen LogP contribution is 2.22. The largest absolute Gasteiger partial charge is 0.329 e. The number of nitrogens with zero attached hydrogens (tertiary/aromatic N) is 4. The van der Waals surface area contributed by atoms with E-state index in [9.17, 15) is 9.59 Å². The molecule has 0 radical (unpaired) electrons. The van der Waals surface area contributed by atoms with E-state index in [0.29, 0.717) is 30.9 Å². The minimum atomic E-state index is -0.392. The van der Waals surface area contributed by atoms with Crippen molar-refractivity contribution in [2.24, 2.45) is 4.99 Å². The number of hydrogen-bond donors (Lipinski definition) is 1. The first-order valence-electron chi connectivity index (χ1n) is 9.16. The molecule has 1 N–H and O–H groups in total. The second-order valence-electron chi connectivity index (χ2n) is 6.72. The number of aliphatic imine (C=N–C) groups is 1. The third-order valence-corrected chi connectivity index (χ3v) is 4.74. The quantitative estimate of drug-likeness (QED) is 0.729. The van der Waals surface area contributed by atoms with Gasteiger partial charge in [0.1, 0.15) is 5.82 Å². The Hall–Kier alpha value is -3.22. The van der Waals surface area contributed by atoms with Gasteiger partial charge in [-0.15, -0.1) is 0 Å². The molecule has 138 valence electrons. The number of hydrogen-bond acceptors (Lipinski definition) is 4. The SMILES string of the molecule is CCCCn1c(=O)[nH]c2c(c1=O)CC(c1cnn(Cc3ccccc3)c1)=N2. The highest BCUT2D eigenvalue weighted by molar-refractivity contribution is 6.05. The van der Waals surface area contributed by atoms with Crippen LogP contribution < -0.4 is 11.2 Å². The van der Waals surface area contributed by atoms with Gasteiger partial charge in [0.25, 0.3) is 5.56 Å². The van der Waals surface area contributed by atoms with Crippen molar-refractivity contribution in [3.63, 3.8) is 0 Å². The minimum absolute atomic E-state index is 0.238. The molecule has 0 aliphatic carbocycles. The van der Waals surface area contributed by atoms with Crippen LogP contribution in [0.4, 0.5) is 5.82 Å². The number of aromatic amines is 1. The van der Waals surface area contributed by atoms with Gasteiger partial charge in [-0.1, -0.05) is 43.7 Å². The Morgan fingerprint density at radius 1 is 1.19 bits per heavy atom. The normalized spacial score (nSPS) is 12.9. The third kappa shape index (κ3) is 3.40. The van der Waals surface area contributed by atoms with Gasteiger partial charge in [0.2, 0.25) is 0 Å². The first kappa shape index (κ1) is 17.2. The monoisotopic (exact) mass is 363 g/mol. The molecule has 3 aromatic rings. The van der Waals surface area contributed by atoms with Crippen molar-refractivity contribution >= 4 is 11.5 Å². The highest BCUT2D eigenvalue weighted by atomic mass is 16.2. The maximum absolute atomic E-state index is 12.7. The standard InChI is InChI=1S/C20H21N5O2/c1-2-3-9-25-19(26)16-10-17(22-18(16)23-20(25)27)15-11-21-24(13-15)12-14-7-5-4-6-8-14/h4-8,11,13H,2-3,9-10,12H2,1H3,(H,23,27). The summed E-state index contributed by atoms with van der Waals surface area (Å²) in [7, 11) is 0. The molecule has 27 heavy (non-hydrogen) atoms. The number of fused-ring (bicyclic) bond motifs is 1. The lowest BCUT2D eigenvalue weighted by Gasteiger charge is -2.05. The van der Waals surface area contributed by atoms with Crippen LogP contribution in [0, 0.1) is 0 Å². The Kier molecular flexibility index (Phi) is 4.58. The van der Waals surface area contributed by atoms with Gasteiger partial charge in [-0.3, -0.25) is 19.0 Å². The highest BCUT2D eigenvalue weighted by Gasteiger charge is 2.23. The number of benzene rings is 1. The molecule has 1 aliphatic rings. The molecular formula is C20H21N5O2. The van der Waals surface area contributed by atoms with Crippen LogP contribution in [0.5, 0.6) is 0 Å². The van der Waals surface area contributed by atoms with Gasteiger partial charge >= 0.3 is 5.69 Å². The van der Waals surface area contributed by atoms with Crippen molar-refractivity contribution in [1.29, 1.82) is 0 Å². The topological polar surface area (TPSA) is 85.0 Å². The van der Waals surface area contributed by atoms with E-state index in [1.807, 2.05) is 48.1 Å². The molecule has 7 nitrogen and oxygen atoms in total. The first-order chi connectivity index (χ1) is 13.2. The van der Waals surface area contributed by atoms with Crippen LogP contribution in [0.1, 0.15) is 36.5 Å². The van der Waals surface area contributed by atoms with Crippen LogP contribution in [0.25, 0.3) is 0 Å². The molecule has 0 spiro atoms. The fourth-order valence-corrected chi connectivity index (χ4v) is 3.25. The summed E-state index contributed by atoms with van der Waals surface area (Å²) in [6.45, 7) is 3.13. The van der Waals surface area contributed by atoms with Gasteiger partial charge in [0.05, 0.1) is 24.0 Å². The lowest BCUT2D eigenvalue weighted by molar-refractivity contribution is 0.580. The Bertz CT molecular complexity index is 1110. The summed E-state index contributed by atoms with van der Waals surface area (Å²) < 4.78 is 3.12. The van der Waals surface area contributed by atoms with Crippen LogP contribution in [0.3, 0.4) is 0 Å². The van der Waals surface area contributed by atoms with E-state index < -0.39 is 5.69 Å². The Morgan fingerprint density at radius 2 is 2.00 bits per heavy atom. The van der Waals surface area contributed by atoms with Gasteiger partial charge in [-0.05, 0) is 12.0 Å². The predicted octanol–water partition coefficient (Wildman–Crippen LogP) is 2.26. The first-order valence-corrected chi connectivity index (χ1v) is 9.16. The molecule has 3 heterocycles. The molecule has 0 saturated carbocycles. The zero-order valence-electron chi connectivity index (χ0n) is 15.2.